The lowest BCUT2D eigenvalue weighted by Crippen LogP contribution is -2.42. The molecule has 1 aliphatic rings. The number of hydrogen-bond acceptors (Lipinski definition) is 6. The maximum atomic E-state index is 12.0. The Hall–Kier alpha value is -2.19. The lowest BCUT2D eigenvalue weighted by molar-refractivity contribution is -0.137. The number of carbonyl (C=O) groups excluding carboxylic acids is 1. The Kier molecular flexibility index (Phi) is 5.17. The maximum absolute atomic E-state index is 12.0. The minimum Gasteiger partial charge on any atom is -0.481 e. The minimum absolute atomic E-state index is 0.00285. The van der Waals surface area contributed by atoms with Crippen LogP contribution >= 0.6 is 0 Å². The molecule has 0 aromatic carbocycles. The van der Waals surface area contributed by atoms with E-state index in [1.54, 1.807) is 9.58 Å². The molecule has 0 aliphatic carbocycles. The van der Waals surface area contributed by atoms with Crippen LogP contribution in [0.2, 0.25) is 0 Å². The number of aryl methyl sites for hydroxylation is 1. The van der Waals surface area contributed by atoms with E-state index in [2.05, 4.69) is 15.5 Å². The Morgan fingerprint density at radius 2 is 1.96 bits per heavy atom. The molecule has 2 heterocycles. The maximum Gasteiger partial charge on any atom is 0.410 e. The van der Waals surface area contributed by atoms with E-state index in [0.29, 0.717) is 38.2 Å². The van der Waals surface area contributed by atoms with Crippen molar-refractivity contribution in [3.05, 3.63) is 5.82 Å². The van der Waals surface area contributed by atoms with Gasteiger partial charge in [0, 0.05) is 19.5 Å². The van der Waals surface area contributed by atoms with Gasteiger partial charge < -0.3 is 14.7 Å². The van der Waals surface area contributed by atoms with Gasteiger partial charge in [0.25, 0.3) is 0 Å². The van der Waals surface area contributed by atoms with E-state index in [4.69, 9.17) is 9.84 Å². The average Bonchev–Trinajstić information content (AvgIpc) is 2.92. The first-order valence-electron chi connectivity index (χ1n) is 7.73. The van der Waals surface area contributed by atoms with Crippen molar-refractivity contribution in [3.8, 4) is 0 Å². The molecule has 0 spiro atoms. The van der Waals surface area contributed by atoms with Gasteiger partial charge in [-0.3, -0.25) is 4.79 Å². The molecule has 1 aromatic heterocycles. The molecular formula is C14H23N5O4. The van der Waals surface area contributed by atoms with Gasteiger partial charge in [0.15, 0.2) is 5.82 Å². The smallest absolute Gasteiger partial charge is 0.410 e. The first-order chi connectivity index (χ1) is 10.8. The van der Waals surface area contributed by atoms with Crippen LogP contribution in [0.3, 0.4) is 0 Å². The fourth-order valence-corrected chi connectivity index (χ4v) is 2.50. The minimum atomic E-state index is -0.876. The summed E-state index contributed by atoms with van der Waals surface area (Å²) in [6, 6.07) is 0.0764. The molecule has 0 unspecified atom stereocenters. The van der Waals surface area contributed by atoms with Gasteiger partial charge in [-0.05, 0) is 44.0 Å². The number of amides is 1. The van der Waals surface area contributed by atoms with Crippen LogP contribution in [0.5, 0.6) is 0 Å². The molecule has 0 saturated carbocycles. The van der Waals surface area contributed by atoms with Crippen molar-refractivity contribution in [2.45, 2.75) is 58.1 Å². The van der Waals surface area contributed by atoms with Crippen molar-refractivity contribution in [1.29, 1.82) is 0 Å². The van der Waals surface area contributed by atoms with Crippen molar-refractivity contribution in [1.82, 2.24) is 25.1 Å². The van der Waals surface area contributed by atoms with Gasteiger partial charge in [0.1, 0.15) is 5.60 Å². The van der Waals surface area contributed by atoms with Crippen LogP contribution in [-0.4, -0.2) is 61.0 Å². The number of hydrogen-bond donors (Lipinski definition) is 1. The van der Waals surface area contributed by atoms with E-state index >= 15 is 0 Å². The molecule has 2 rings (SSSR count). The van der Waals surface area contributed by atoms with Crippen LogP contribution < -0.4 is 0 Å². The summed E-state index contributed by atoms with van der Waals surface area (Å²) >= 11 is 0. The van der Waals surface area contributed by atoms with Crippen LogP contribution in [0.1, 0.15) is 51.9 Å². The first-order valence-corrected chi connectivity index (χ1v) is 7.73. The number of aliphatic carboxylic acids is 1. The second kappa shape index (κ2) is 6.93. The number of likely N-dealkylation sites (tertiary alicyclic amines) is 1. The number of nitrogens with zero attached hydrogens (tertiary/aromatic N) is 5. The summed E-state index contributed by atoms with van der Waals surface area (Å²) in [5, 5.41) is 20.3. The Balaban J connectivity index is 1.91. The number of carbonyl (C=O) groups is 2. The molecule has 1 N–H and O–H groups in total. The number of ether oxygens (including phenoxy) is 1. The first kappa shape index (κ1) is 17.2. The SMILES string of the molecule is CC(C)(C)OC(=O)N1CCC(n2nnnc2CCC(=O)O)CC1. The van der Waals surface area contributed by atoms with Gasteiger partial charge in [-0.15, -0.1) is 5.10 Å². The van der Waals surface area contributed by atoms with Crippen molar-refractivity contribution in [3.63, 3.8) is 0 Å². The van der Waals surface area contributed by atoms with Gasteiger partial charge in [0.05, 0.1) is 12.5 Å². The summed E-state index contributed by atoms with van der Waals surface area (Å²) in [6.07, 6.45) is 1.42. The van der Waals surface area contributed by atoms with Gasteiger partial charge in [-0.25, -0.2) is 9.48 Å². The summed E-state index contributed by atoms with van der Waals surface area (Å²) in [5.41, 5.74) is -0.506. The average molecular weight is 325 g/mol. The highest BCUT2D eigenvalue weighted by molar-refractivity contribution is 5.68. The fraction of sp³-hybridized carbons (Fsp3) is 0.786. The molecule has 0 atom stereocenters. The zero-order valence-electron chi connectivity index (χ0n) is 13.7. The van der Waals surface area contributed by atoms with Crippen LogP contribution in [0.25, 0.3) is 0 Å². The molecule has 1 aromatic rings. The topological polar surface area (TPSA) is 110 Å². The number of piperidine rings is 1. The van der Waals surface area contributed by atoms with Gasteiger partial charge in [-0.1, -0.05) is 0 Å². The molecule has 1 amide bonds. The molecule has 9 heteroatoms. The van der Waals surface area contributed by atoms with Gasteiger partial charge in [0.2, 0.25) is 0 Å². The van der Waals surface area contributed by atoms with Gasteiger partial charge >= 0.3 is 12.1 Å². The predicted molar refractivity (Wildman–Crippen MR) is 79.9 cm³/mol. The van der Waals surface area contributed by atoms with Crippen LogP contribution in [0.4, 0.5) is 4.79 Å². The summed E-state index contributed by atoms with van der Waals surface area (Å²) in [6.45, 7) is 6.66. The van der Waals surface area contributed by atoms with Crippen molar-refractivity contribution in [2.75, 3.05) is 13.1 Å². The van der Waals surface area contributed by atoms with E-state index < -0.39 is 11.6 Å². The molecule has 1 saturated heterocycles. The molecule has 9 nitrogen and oxygen atoms in total. The molecular weight excluding hydrogens is 302 g/mol. The highest BCUT2D eigenvalue weighted by Crippen LogP contribution is 2.24. The molecule has 0 bridgehead atoms. The van der Waals surface area contributed by atoms with E-state index in [1.165, 1.54) is 0 Å². The summed E-state index contributed by atoms with van der Waals surface area (Å²) < 4.78 is 7.06. The Bertz CT molecular complexity index is 558. The fourth-order valence-electron chi connectivity index (χ4n) is 2.50. The summed E-state index contributed by atoms with van der Waals surface area (Å²) in [5.74, 6) is -0.303. The normalized spacial score (nSPS) is 16.4. The van der Waals surface area contributed by atoms with Crippen molar-refractivity contribution < 1.29 is 19.4 Å². The van der Waals surface area contributed by atoms with Crippen LogP contribution in [0.15, 0.2) is 0 Å². The largest absolute Gasteiger partial charge is 0.481 e. The number of rotatable bonds is 4. The lowest BCUT2D eigenvalue weighted by Gasteiger charge is -2.33. The number of aromatic nitrogens is 4. The quantitative estimate of drug-likeness (QED) is 0.887. The van der Waals surface area contributed by atoms with Gasteiger partial charge in [-0.2, -0.15) is 0 Å². The molecule has 1 aliphatic heterocycles. The van der Waals surface area contributed by atoms with Crippen molar-refractivity contribution >= 4 is 12.1 Å². The van der Waals surface area contributed by atoms with E-state index in [1.807, 2.05) is 20.8 Å². The second-order valence-electron chi connectivity index (χ2n) is 6.63. The molecule has 1 fully saturated rings. The number of tetrazole rings is 1. The Labute approximate surface area is 134 Å². The third-order valence-corrected chi connectivity index (χ3v) is 3.59. The number of carboxylic acid groups (broad SMARTS) is 1. The Morgan fingerprint density at radius 3 is 2.52 bits per heavy atom. The molecule has 128 valence electrons. The molecule has 0 radical (unpaired) electrons. The highest BCUT2D eigenvalue weighted by Gasteiger charge is 2.29. The van der Waals surface area contributed by atoms with Crippen LogP contribution in [-0.2, 0) is 16.0 Å². The standard InChI is InChI=1S/C14H23N5O4/c1-14(2,3)23-13(22)18-8-6-10(7-9-18)19-11(15-16-17-19)4-5-12(20)21/h10H,4-9H2,1-3H3,(H,20,21). The predicted octanol–water partition coefficient (Wildman–Crippen LogP) is 1.26. The summed E-state index contributed by atoms with van der Waals surface area (Å²) in [4.78, 5) is 24.4. The monoisotopic (exact) mass is 325 g/mol. The second-order valence-corrected chi connectivity index (χ2v) is 6.63. The van der Waals surface area contributed by atoms with Crippen LogP contribution in [0, 0.1) is 0 Å². The van der Waals surface area contributed by atoms with E-state index in [0.717, 1.165) is 0 Å². The van der Waals surface area contributed by atoms with E-state index in [9.17, 15) is 9.59 Å². The third-order valence-electron chi connectivity index (χ3n) is 3.59. The zero-order chi connectivity index (χ0) is 17.0. The molecule has 23 heavy (non-hydrogen) atoms. The van der Waals surface area contributed by atoms with E-state index in [-0.39, 0.29) is 18.6 Å². The highest BCUT2D eigenvalue weighted by atomic mass is 16.6. The zero-order valence-corrected chi connectivity index (χ0v) is 13.7. The number of carboxylic acids is 1. The Morgan fingerprint density at radius 1 is 1.30 bits per heavy atom. The van der Waals surface area contributed by atoms with Crippen molar-refractivity contribution in [2.24, 2.45) is 0 Å². The summed E-state index contributed by atoms with van der Waals surface area (Å²) in [7, 11) is 0. The third kappa shape index (κ3) is 4.90. The lowest BCUT2D eigenvalue weighted by atomic mass is 10.1.